The number of nitrogens with two attached hydrogens (primary N) is 1. The molecular formula is C8H16N2O4S. The molecule has 0 spiro atoms. The molecule has 0 aromatic carbocycles. The van der Waals surface area contributed by atoms with Gasteiger partial charge in [0, 0.05) is 12.1 Å². The fraction of sp³-hybridized carbons (Fsp3) is 0.875. The first-order chi connectivity index (χ1) is 6.93. The summed E-state index contributed by atoms with van der Waals surface area (Å²) in [6.07, 6.45) is 1.25. The highest BCUT2D eigenvalue weighted by atomic mass is 32.2. The largest absolute Gasteiger partial charge is 0.465 e. The molecule has 3 N–H and O–H groups in total. The highest BCUT2D eigenvalue weighted by molar-refractivity contribution is 7.90. The van der Waals surface area contributed by atoms with Crippen LogP contribution in [-0.4, -0.2) is 38.8 Å². The lowest BCUT2D eigenvalue weighted by Gasteiger charge is -2.32. The molecule has 6 nitrogen and oxygen atoms in total. The summed E-state index contributed by atoms with van der Waals surface area (Å²) in [5.41, 5.74) is 5.51. The maximum Gasteiger partial charge on any atom is 0.322 e. The molecule has 88 valence electrons. The van der Waals surface area contributed by atoms with Crippen LogP contribution >= 0.6 is 0 Å². The maximum absolute atomic E-state index is 11.4. The zero-order valence-corrected chi connectivity index (χ0v) is 9.42. The number of rotatable bonds is 5. The first-order valence-electron chi connectivity index (χ1n) is 4.84. The van der Waals surface area contributed by atoms with Gasteiger partial charge in [-0.05, 0) is 19.8 Å². The van der Waals surface area contributed by atoms with E-state index in [1.165, 1.54) is 0 Å². The predicted molar refractivity (Wildman–Crippen MR) is 54.6 cm³/mol. The SMILES string of the molecule is CCOC(=O)CS(=O)(=O)NC1CC(N)C1. The second kappa shape index (κ2) is 4.91. The van der Waals surface area contributed by atoms with Crippen LogP contribution in [0.25, 0.3) is 0 Å². The number of sulfonamides is 1. The Balaban J connectivity index is 2.35. The molecule has 0 aliphatic heterocycles. The van der Waals surface area contributed by atoms with Crippen molar-refractivity contribution in [3.63, 3.8) is 0 Å². The van der Waals surface area contributed by atoms with Crippen LogP contribution in [0.4, 0.5) is 0 Å². The van der Waals surface area contributed by atoms with Crippen molar-refractivity contribution in [2.75, 3.05) is 12.4 Å². The van der Waals surface area contributed by atoms with Crippen LogP contribution in [0.2, 0.25) is 0 Å². The Labute approximate surface area is 89.2 Å². The molecule has 1 rings (SSSR count). The van der Waals surface area contributed by atoms with Crippen LogP contribution in [0.15, 0.2) is 0 Å². The average Bonchev–Trinajstić information content (AvgIpc) is 1.99. The molecule has 7 heteroatoms. The summed E-state index contributed by atoms with van der Waals surface area (Å²) in [5, 5.41) is 0. The van der Waals surface area contributed by atoms with Crippen LogP contribution in [-0.2, 0) is 19.6 Å². The predicted octanol–water partition coefficient (Wildman–Crippen LogP) is -1.04. The first-order valence-corrected chi connectivity index (χ1v) is 6.49. The maximum atomic E-state index is 11.4. The highest BCUT2D eigenvalue weighted by Gasteiger charge is 2.30. The number of ether oxygens (including phenoxy) is 1. The van der Waals surface area contributed by atoms with E-state index in [4.69, 9.17) is 5.73 Å². The molecule has 0 atom stereocenters. The van der Waals surface area contributed by atoms with Gasteiger partial charge in [0.1, 0.15) is 0 Å². The Morgan fingerprint density at radius 1 is 1.53 bits per heavy atom. The summed E-state index contributed by atoms with van der Waals surface area (Å²) >= 11 is 0. The van der Waals surface area contributed by atoms with Crippen molar-refractivity contribution in [2.24, 2.45) is 5.73 Å². The van der Waals surface area contributed by atoms with Crippen molar-refractivity contribution in [3.8, 4) is 0 Å². The molecule has 15 heavy (non-hydrogen) atoms. The van der Waals surface area contributed by atoms with Gasteiger partial charge in [-0.3, -0.25) is 4.79 Å². The Bertz CT molecular complexity index is 322. The van der Waals surface area contributed by atoms with Crippen molar-refractivity contribution < 1.29 is 17.9 Å². The number of esters is 1. The second-order valence-corrected chi connectivity index (χ2v) is 5.36. The van der Waals surface area contributed by atoms with Crippen molar-refractivity contribution in [1.29, 1.82) is 0 Å². The smallest absolute Gasteiger partial charge is 0.322 e. The summed E-state index contributed by atoms with van der Waals surface area (Å²) in [4.78, 5) is 10.9. The van der Waals surface area contributed by atoms with Gasteiger partial charge in [0.15, 0.2) is 5.75 Å². The van der Waals surface area contributed by atoms with Crippen LogP contribution in [0.3, 0.4) is 0 Å². The van der Waals surface area contributed by atoms with Gasteiger partial charge in [-0.25, -0.2) is 13.1 Å². The molecule has 1 saturated carbocycles. The lowest BCUT2D eigenvalue weighted by atomic mass is 9.89. The fourth-order valence-corrected chi connectivity index (χ4v) is 2.59. The third-order valence-corrected chi connectivity index (χ3v) is 3.44. The number of carbonyl (C=O) groups is 1. The zero-order chi connectivity index (χ0) is 11.5. The topological polar surface area (TPSA) is 98.5 Å². The zero-order valence-electron chi connectivity index (χ0n) is 8.60. The standard InChI is InChI=1S/C8H16N2O4S/c1-2-14-8(11)5-15(12,13)10-7-3-6(9)4-7/h6-7,10H,2-5,9H2,1H3. The van der Waals surface area contributed by atoms with E-state index < -0.39 is 21.7 Å². The van der Waals surface area contributed by atoms with E-state index in [1.807, 2.05) is 0 Å². The normalized spacial score (nSPS) is 25.7. The lowest BCUT2D eigenvalue weighted by molar-refractivity contribution is -0.139. The number of nitrogens with one attached hydrogen (secondary N) is 1. The Hall–Kier alpha value is -0.660. The second-order valence-electron chi connectivity index (χ2n) is 3.61. The van der Waals surface area contributed by atoms with E-state index in [-0.39, 0.29) is 18.7 Å². The van der Waals surface area contributed by atoms with Crippen molar-refractivity contribution in [3.05, 3.63) is 0 Å². The molecule has 0 bridgehead atoms. The molecular weight excluding hydrogens is 220 g/mol. The van der Waals surface area contributed by atoms with Gasteiger partial charge < -0.3 is 10.5 Å². The fourth-order valence-electron chi connectivity index (χ4n) is 1.41. The van der Waals surface area contributed by atoms with Crippen LogP contribution < -0.4 is 10.5 Å². The summed E-state index contributed by atoms with van der Waals surface area (Å²) in [6, 6.07) is -0.0558. The van der Waals surface area contributed by atoms with E-state index in [0.29, 0.717) is 12.8 Å². The third-order valence-electron chi connectivity index (χ3n) is 2.13. The highest BCUT2D eigenvalue weighted by Crippen LogP contribution is 2.18. The van der Waals surface area contributed by atoms with Crippen LogP contribution in [0, 0.1) is 0 Å². The third kappa shape index (κ3) is 4.15. The van der Waals surface area contributed by atoms with Gasteiger partial charge in [0.2, 0.25) is 10.0 Å². The van der Waals surface area contributed by atoms with Crippen molar-refractivity contribution in [2.45, 2.75) is 31.8 Å². The van der Waals surface area contributed by atoms with Crippen molar-refractivity contribution in [1.82, 2.24) is 4.72 Å². The molecule has 0 saturated heterocycles. The molecule has 0 aromatic heterocycles. The van der Waals surface area contributed by atoms with Gasteiger partial charge in [-0.15, -0.1) is 0 Å². The lowest BCUT2D eigenvalue weighted by Crippen LogP contribution is -2.51. The van der Waals surface area contributed by atoms with E-state index >= 15 is 0 Å². The van der Waals surface area contributed by atoms with Crippen molar-refractivity contribution >= 4 is 16.0 Å². The summed E-state index contributed by atoms with van der Waals surface area (Å²) in [6.45, 7) is 1.81. The summed E-state index contributed by atoms with van der Waals surface area (Å²) < 4.78 is 29.7. The molecule has 0 aromatic rings. The minimum atomic E-state index is -3.57. The van der Waals surface area contributed by atoms with E-state index in [9.17, 15) is 13.2 Å². The molecule has 0 heterocycles. The molecule has 1 aliphatic rings. The average molecular weight is 236 g/mol. The summed E-state index contributed by atoms with van der Waals surface area (Å²) in [7, 11) is -3.57. The minimum absolute atomic E-state index is 0.0697. The molecule has 0 radical (unpaired) electrons. The first kappa shape index (κ1) is 12.4. The van der Waals surface area contributed by atoms with E-state index in [2.05, 4.69) is 9.46 Å². The molecule has 0 amide bonds. The molecule has 1 fully saturated rings. The van der Waals surface area contributed by atoms with Gasteiger partial charge in [-0.1, -0.05) is 0 Å². The Kier molecular flexibility index (Phi) is 4.06. The Morgan fingerprint density at radius 2 is 2.13 bits per heavy atom. The van der Waals surface area contributed by atoms with E-state index in [1.54, 1.807) is 6.92 Å². The number of hydrogen-bond donors (Lipinski definition) is 2. The van der Waals surface area contributed by atoms with Gasteiger partial charge in [-0.2, -0.15) is 0 Å². The summed E-state index contributed by atoms with van der Waals surface area (Å²) in [5.74, 6) is -1.35. The van der Waals surface area contributed by atoms with Crippen LogP contribution in [0.5, 0.6) is 0 Å². The Morgan fingerprint density at radius 3 is 2.60 bits per heavy atom. The van der Waals surface area contributed by atoms with Gasteiger partial charge in [0.05, 0.1) is 6.61 Å². The molecule has 1 aliphatic carbocycles. The number of carbonyl (C=O) groups excluding carboxylic acids is 1. The van der Waals surface area contributed by atoms with Gasteiger partial charge >= 0.3 is 5.97 Å². The van der Waals surface area contributed by atoms with E-state index in [0.717, 1.165) is 0 Å². The minimum Gasteiger partial charge on any atom is -0.465 e. The number of hydrogen-bond acceptors (Lipinski definition) is 5. The van der Waals surface area contributed by atoms with Gasteiger partial charge in [0.25, 0.3) is 0 Å². The monoisotopic (exact) mass is 236 g/mol. The molecule has 0 unspecified atom stereocenters. The quantitative estimate of drug-likeness (QED) is 0.594. The van der Waals surface area contributed by atoms with Crippen LogP contribution in [0.1, 0.15) is 19.8 Å².